The highest BCUT2D eigenvalue weighted by molar-refractivity contribution is 5.28. The monoisotopic (exact) mass is 209 g/mol. The van der Waals surface area contributed by atoms with Gasteiger partial charge in [-0.05, 0) is 43.3 Å². The molecule has 0 fully saturated rings. The molecule has 0 radical (unpaired) electrons. The summed E-state index contributed by atoms with van der Waals surface area (Å²) in [7, 11) is 0. The Kier molecular flexibility index (Phi) is 5.13. The Balaban J connectivity index is 4.95. The number of nitrogens with two attached hydrogens (primary N) is 1. The van der Waals surface area contributed by atoms with Gasteiger partial charge in [-0.15, -0.1) is 0 Å². The summed E-state index contributed by atoms with van der Waals surface area (Å²) in [5, 5.41) is 0. The summed E-state index contributed by atoms with van der Waals surface area (Å²) < 4.78 is 0. The van der Waals surface area contributed by atoms with Crippen LogP contribution in [0.3, 0.4) is 0 Å². The average molecular weight is 209 g/mol. The van der Waals surface area contributed by atoms with Crippen LogP contribution in [0.5, 0.6) is 0 Å². The molecule has 88 valence electrons. The van der Waals surface area contributed by atoms with Gasteiger partial charge in [-0.25, -0.2) is 0 Å². The molecule has 0 rings (SSSR count). The summed E-state index contributed by atoms with van der Waals surface area (Å²) in [5.41, 5.74) is 9.98. The van der Waals surface area contributed by atoms with E-state index in [0.717, 1.165) is 12.1 Å². The molecule has 1 atom stereocenters. The van der Waals surface area contributed by atoms with Crippen LogP contribution >= 0.6 is 0 Å². The van der Waals surface area contributed by atoms with Crippen LogP contribution in [0.15, 0.2) is 22.9 Å². The molecule has 0 amide bonds. The van der Waals surface area contributed by atoms with Crippen LogP contribution in [0, 0.1) is 11.3 Å². The van der Waals surface area contributed by atoms with E-state index in [1.54, 1.807) is 0 Å². The van der Waals surface area contributed by atoms with Gasteiger partial charge in [0.15, 0.2) is 0 Å². The predicted octanol–water partition coefficient (Wildman–Crippen LogP) is 4.26. The molecule has 1 unspecified atom stereocenters. The quantitative estimate of drug-likeness (QED) is 0.691. The minimum Gasteiger partial charge on any atom is -0.402 e. The Labute approximate surface area is 95.4 Å². The minimum absolute atomic E-state index is 0.232. The number of allylic oxidation sites excluding steroid dienone is 4. The summed E-state index contributed by atoms with van der Waals surface area (Å²) in [5.74, 6) is 0.479. The third-order valence-electron chi connectivity index (χ3n) is 3.28. The van der Waals surface area contributed by atoms with Crippen molar-refractivity contribution in [3.63, 3.8) is 0 Å². The van der Waals surface area contributed by atoms with Crippen molar-refractivity contribution >= 4 is 0 Å². The molecule has 1 nitrogen and oxygen atoms in total. The van der Waals surface area contributed by atoms with Gasteiger partial charge in [-0.1, -0.05) is 40.2 Å². The second-order valence-corrected chi connectivity index (χ2v) is 5.51. The van der Waals surface area contributed by atoms with E-state index in [0.29, 0.717) is 5.92 Å². The minimum atomic E-state index is 0.232. The van der Waals surface area contributed by atoms with E-state index in [2.05, 4.69) is 54.5 Å². The Morgan fingerprint density at radius 1 is 1.27 bits per heavy atom. The number of rotatable bonds is 3. The lowest BCUT2D eigenvalue weighted by atomic mass is 9.84. The van der Waals surface area contributed by atoms with Gasteiger partial charge in [0.1, 0.15) is 0 Å². The second-order valence-electron chi connectivity index (χ2n) is 5.51. The van der Waals surface area contributed by atoms with Gasteiger partial charge >= 0.3 is 0 Å². The highest BCUT2D eigenvalue weighted by Crippen LogP contribution is 2.28. The number of hydrogen-bond donors (Lipinski definition) is 1. The van der Waals surface area contributed by atoms with Crippen LogP contribution in [0.1, 0.15) is 54.9 Å². The van der Waals surface area contributed by atoms with Crippen molar-refractivity contribution in [2.24, 2.45) is 17.1 Å². The summed E-state index contributed by atoms with van der Waals surface area (Å²) in [4.78, 5) is 0. The molecule has 0 aliphatic rings. The zero-order chi connectivity index (χ0) is 12.2. The summed E-state index contributed by atoms with van der Waals surface area (Å²) in [6.45, 7) is 15.4. The Morgan fingerprint density at radius 2 is 1.73 bits per heavy atom. The fourth-order valence-corrected chi connectivity index (χ4v) is 1.33. The van der Waals surface area contributed by atoms with Gasteiger partial charge in [-0.2, -0.15) is 0 Å². The second kappa shape index (κ2) is 5.39. The fourth-order valence-electron chi connectivity index (χ4n) is 1.33. The van der Waals surface area contributed by atoms with Crippen molar-refractivity contribution in [1.82, 2.24) is 0 Å². The molecule has 0 spiro atoms. The van der Waals surface area contributed by atoms with Crippen LogP contribution in [-0.2, 0) is 0 Å². The molecule has 0 aromatic heterocycles. The maximum atomic E-state index is 6.04. The molecule has 0 heterocycles. The normalized spacial score (nSPS) is 17.4. The van der Waals surface area contributed by atoms with E-state index in [1.807, 2.05) is 0 Å². The number of hydrogen-bond acceptors (Lipinski definition) is 1. The first-order chi connectivity index (χ1) is 6.70. The van der Waals surface area contributed by atoms with E-state index in [4.69, 9.17) is 5.73 Å². The molecule has 0 aromatic rings. The SMILES string of the molecule is CCC(C)/C(N)=C\C(C)=C(/C)C(C)(C)C. The van der Waals surface area contributed by atoms with Crippen LogP contribution in [0.2, 0.25) is 0 Å². The molecule has 0 aliphatic heterocycles. The molecular weight excluding hydrogens is 182 g/mol. The molecule has 2 N–H and O–H groups in total. The molecule has 0 bridgehead atoms. The Bertz CT molecular complexity index is 264. The maximum Gasteiger partial charge on any atom is 0.0112 e. The van der Waals surface area contributed by atoms with Gasteiger partial charge in [-0.3, -0.25) is 0 Å². The van der Waals surface area contributed by atoms with Crippen molar-refractivity contribution in [3.05, 3.63) is 22.9 Å². The van der Waals surface area contributed by atoms with Gasteiger partial charge < -0.3 is 5.73 Å². The molecular formula is C14H27N. The fraction of sp³-hybridized carbons (Fsp3) is 0.714. The summed E-state index contributed by atoms with van der Waals surface area (Å²) in [6.07, 6.45) is 3.24. The lowest BCUT2D eigenvalue weighted by Gasteiger charge is -2.22. The van der Waals surface area contributed by atoms with Crippen LogP contribution in [-0.4, -0.2) is 0 Å². The van der Waals surface area contributed by atoms with Crippen molar-refractivity contribution in [2.45, 2.75) is 54.9 Å². The molecule has 0 saturated carbocycles. The van der Waals surface area contributed by atoms with Crippen molar-refractivity contribution in [1.29, 1.82) is 0 Å². The third-order valence-corrected chi connectivity index (χ3v) is 3.28. The molecule has 1 heteroatoms. The maximum absolute atomic E-state index is 6.04. The molecule has 0 saturated heterocycles. The zero-order valence-electron chi connectivity index (χ0n) is 11.4. The van der Waals surface area contributed by atoms with Gasteiger partial charge in [0.2, 0.25) is 0 Å². The van der Waals surface area contributed by atoms with Gasteiger partial charge in [0, 0.05) is 5.70 Å². The smallest absolute Gasteiger partial charge is 0.0112 e. The van der Waals surface area contributed by atoms with Gasteiger partial charge in [0.05, 0.1) is 0 Å². The zero-order valence-corrected chi connectivity index (χ0v) is 11.4. The molecule has 15 heavy (non-hydrogen) atoms. The van der Waals surface area contributed by atoms with Crippen molar-refractivity contribution < 1.29 is 0 Å². The van der Waals surface area contributed by atoms with Gasteiger partial charge in [0.25, 0.3) is 0 Å². The Morgan fingerprint density at radius 3 is 2.07 bits per heavy atom. The Hall–Kier alpha value is -0.720. The van der Waals surface area contributed by atoms with Crippen LogP contribution in [0.25, 0.3) is 0 Å². The highest BCUT2D eigenvalue weighted by atomic mass is 14.6. The van der Waals surface area contributed by atoms with Crippen molar-refractivity contribution in [3.8, 4) is 0 Å². The first-order valence-corrected chi connectivity index (χ1v) is 5.85. The molecule has 0 aromatic carbocycles. The summed E-state index contributed by atoms with van der Waals surface area (Å²) in [6, 6.07) is 0. The van der Waals surface area contributed by atoms with E-state index in [-0.39, 0.29) is 5.41 Å². The average Bonchev–Trinajstić information content (AvgIpc) is 2.13. The van der Waals surface area contributed by atoms with Crippen LogP contribution < -0.4 is 5.73 Å². The largest absolute Gasteiger partial charge is 0.402 e. The first-order valence-electron chi connectivity index (χ1n) is 5.85. The third kappa shape index (κ3) is 4.55. The lowest BCUT2D eigenvalue weighted by Crippen LogP contribution is -2.11. The van der Waals surface area contributed by atoms with Crippen molar-refractivity contribution in [2.75, 3.05) is 0 Å². The van der Waals surface area contributed by atoms with E-state index in [9.17, 15) is 0 Å². The highest BCUT2D eigenvalue weighted by Gasteiger charge is 2.14. The van der Waals surface area contributed by atoms with Crippen LogP contribution in [0.4, 0.5) is 0 Å². The standard InChI is InChI=1S/C14H27N/c1-8-10(2)13(15)9-11(3)12(4)14(5,6)7/h9-10H,8,15H2,1-7H3/b12-11+,13-9+. The van der Waals surface area contributed by atoms with E-state index < -0.39 is 0 Å². The predicted molar refractivity (Wildman–Crippen MR) is 69.6 cm³/mol. The first kappa shape index (κ1) is 14.3. The van der Waals surface area contributed by atoms with E-state index in [1.165, 1.54) is 11.1 Å². The van der Waals surface area contributed by atoms with E-state index >= 15 is 0 Å². The molecule has 0 aliphatic carbocycles. The topological polar surface area (TPSA) is 26.0 Å². The summed E-state index contributed by atoms with van der Waals surface area (Å²) >= 11 is 0. The lowest BCUT2D eigenvalue weighted by molar-refractivity contribution is 0.500.